The van der Waals surface area contributed by atoms with Crippen LogP contribution < -0.4 is 5.73 Å². The fourth-order valence-corrected chi connectivity index (χ4v) is 2.80. The van der Waals surface area contributed by atoms with E-state index in [4.69, 9.17) is 5.73 Å². The highest BCUT2D eigenvalue weighted by Gasteiger charge is 2.33. The number of rotatable bonds is 9. The third kappa shape index (κ3) is 7.48. The summed E-state index contributed by atoms with van der Waals surface area (Å²) in [5, 5.41) is 0. The Morgan fingerprint density at radius 2 is 1.62 bits per heavy atom. The van der Waals surface area contributed by atoms with Crippen molar-refractivity contribution < 1.29 is 4.79 Å². The minimum Gasteiger partial charge on any atom is -0.341 e. The van der Waals surface area contributed by atoms with Gasteiger partial charge in [-0.2, -0.15) is 0 Å². The van der Waals surface area contributed by atoms with E-state index in [0.29, 0.717) is 36.9 Å². The molecule has 0 aromatic carbocycles. The molecule has 1 atom stereocenters. The molecule has 5 heteroatoms. The molecule has 1 aliphatic rings. The van der Waals surface area contributed by atoms with Crippen molar-refractivity contribution in [2.24, 2.45) is 23.5 Å². The van der Waals surface area contributed by atoms with E-state index in [2.05, 4.69) is 32.6 Å². The Morgan fingerprint density at radius 1 is 1.14 bits per heavy atom. The van der Waals surface area contributed by atoms with Gasteiger partial charge in [0, 0.05) is 25.7 Å². The van der Waals surface area contributed by atoms with Gasteiger partial charge in [-0.15, -0.1) is 12.4 Å². The molecule has 0 radical (unpaired) electrons. The van der Waals surface area contributed by atoms with Gasteiger partial charge in [0.25, 0.3) is 0 Å². The molecule has 21 heavy (non-hydrogen) atoms. The van der Waals surface area contributed by atoms with Crippen molar-refractivity contribution in [3.63, 3.8) is 0 Å². The van der Waals surface area contributed by atoms with Gasteiger partial charge in [0.15, 0.2) is 0 Å². The molecular formula is C16H34ClN3O. The van der Waals surface area contributed by atoms with Gasteiger partial charge in [-0.1, -0.05) is 27.7 Å². The van der Waals surface area contributed by atoms with Crippen molar-refractivity contribution in [2.45, 2.75) is 46.6 Å². The van der Waals surface area contributed by atoms with Crippen LogP contribution >= 0.6 is 12.4 Å². The monoisotopic (exact) mass is 319 g/mol. The molecule has 1 unspecified atom stereocenters. The lowest BCUT2D eigenvalue weighted by Gasteiger charge is -2.31. The van der Waals surface area contributed by atoms with Crippen molar-refractivity contribution >= 4 is 18.3 Å². The van der Waals surface area contributed by atoms with E-state index in [1.54, 1.807) is 0 Å². The number of halogens is 1. The third-order valence-corrected chi connectivity index (χ3v) is 3.88. The molecule has 0 aliphatic heterocycles. The van der Waals surface area contributed by atoms with Gasteiger partial charge in [-0.25, -0.2) is 0 Å². The van der Waals surface area contributed by atoms with Gasteiger partial charge in [0.05, 0.1) is 6.54 Å². The average molecular weight is 320 g/mol. The van der Waals surface area contributed by atoms with Gasteiger partial charge < -0.3 is 10.6 Å². The molecule has 0 bridgehead atoms. The Hall–Kier alpha value is -0.320. The summed E-state index contributed by atoms with van der Waals surface area (Å²) < 4.78 is 0. The standard InChI is InChI=1S/C16H33N3O.ClH/c1-12(2)9-19(10-13(3)4)16(20)11-18(5)15(8-17)14-6-7-14;/h12-15H,6-11,17H2,1-5H3;1H. The van der Waals surface area contributed by atoms with Crippen molar-refractivity contribution in [1.82, 2.24) is 9.80 Å². The van der Waals surface area contributed by atoms with Crippen molar-refractivity contribution in [2.75, 3.05) is 33.2 Å². The third-order valence-electron chi connectivity index (χ3n) is 3.88. The molecule has 1 saturated carbocycles. The van der Waals surface area contributed by atoms with E-state index >= 15 is 0 Å². The molecule has 4 nitrogen and oxygen atoms in total. The minimum absolute atomic E-state index is 0. The van der Waals surface area contributed by atoms with E-state index in [1.165, 1.54) is 12.8 Å². The summed E-state index contributed by atoms with van der Waals surface area (Å²) in [7, 11) is 2.04. The minimum atomic E-state index is 0. The summed E-state index contributed by atoms with van der Waals surface area (Å²) in [6.45, 7) is 11.5. The molecule has 2 N–H and O–H groups in total. The van der Waals surface area contributed by atoms with Crippen LogP contribution in [0.2, 0.25) is 0 Å². The van der Waals surface area contributed by atoms with E-state index in [1.807, 2.05) is 11.9 Å². The SMILES string of the molecule is CC(C)CN(CC(C)C)C(=O)CN(C)C(CN)C1CC1.Cl. The second-order valence-corrected chi connectivity index (χ2v) is 7.14. The Labute approximate surface area is 136 Å². The highest BCUT2D eigenvalue weighted by Crippen LogP contribution is 2.34. The number of nitrogens with zero attached hydrogens (tertiary/aromatic N) is 2. The Morgan fingerprint density at radius 3 is 1.95 bits per heavy atom. The zero-order valence-electron chi connectivity index (χ0n) is 14.3. The Bertz CT molecular complexity index is 296. The molecule has 1 aliphatic carbocycles. The van der Waals surface area contributed by atoms with E-state index in [9.17, 15) is 4.79 Å². The maximum absolute atomic E-state index is 12.5. The number of nitrogens with two attached hydrogens (primary N) is 1. The second kappa shape index (κ2) is 9.65. The lowest BCUT2D eigenvalue weighted by molar-refractivity contribution is -0.133. The highest BCUT2D eigenvalue weighted by molar-refractivity contribution is 5.85. The van der Waals surface area contributed by atoms with Crippen LogP contribution in [-0.4, -0.2) is 55.0 Å². The number of carbonyl (C=O) groups is 1. The van der Waals surface area contributed by atoms with Crippen molar-refractivity contribution in [1.29, 1.82) is 0 Å². The molecule has 0 spiro atoms. The molecule has 0 aromatic rings. The fraction of sp³-hybridized carbons (Fsp3) is 0.938. The second-order valence-electron chi connectivity index (χ2n) is 7.14. The van der Waals surface area contributed by atoms with E-state index in [-0.39, 0.29) is 18.3 Å². The maximum Gasteiger partial charge on any atom is 0.236 e. The summed E-state index contributed by atoms with van der Waals surface area (Å²) in [6.07, 6.45) is 2.53. The lowest BCUT2D eigenvalue weighted by atomic mass is 10.1. The molecular weight excluding hydrogens is 286 g/mol. The Balaban J connectivity index is 0.00000400. The normalized spacial score (nSPS) is 16.2. The van der Waals surface area contributed by atoms with Crippen LogP contribution in [-0.2, 0) is 4.79 Å². The van der Waals surface area contributed by atoms with E-state index < -0.39 is 0 Å². The highest BCUT2D eigenvalue weighted by atomic mass is 35.5. The summed E-state index contributed by atoms with van der Waals surface area (Å²) in [4.78, 5) is 16.7. The number of amides is 1. The molecule has 0 heterocycles. The van der Waals surface area contributed by atoms with Crippen molar-refractivity contribution in [3.8, 4) is 0 Å². The van der Waals surface area contributed by atoms with Gasteiger partial charge in [-0.05, 0) is 37.6 Å². The summed E-state index contributed by atoms with van der Waals surface area (Å²) >= 11 is 0. The number of hydrogen-bond donors (Lipinski definition) is 1. The number of carbonyl (C=O) groups excluding carboxylic acids is 1. The summed E-state index contributed by atoms with van der Waals surface area (Å²) in [5.41, 5.74) is 5.86. The molecule has 1 rings (SSSR count). The van der Waals surface area contributed by atoms with Crippen LogP contribution in [0.15, 0.2) is 0 Å². The molecule has 1 fully saturated rings. The fourth-order valence-electron chi connectivity index (χ4n) is 2.80. The number of hydrogen-bond acceptors (Lipinski definition) is 3. The zero-order valence-corrected chi connectivity index (χ0v) is 15.2. The first-order valence-electron chi connectivity index (χ1n) is 8.03. The predicted octanol–water partition coefficient (Wildman–Crippen LogP) is 2.22. The smallest absolute Gasteiger partial charge is 0.236 e. The Kier molecular flexibility index (Phi) is 9.50. The van der Waals surface area contributed by atoms with Gasteiger partial charge in [-0.3, -0.25) is 9.69 Å². The largest absolute Gasteiger partial charge is 0.341 e. The maximum atomic E-state index is 12.5. The van der Waals surface area contributed by atoms with Crippen molar-refractivity contribution in [3.05, 3.63) is 0 Å². The molecule has 1 amide bonds. The first-order chi connectivity index (χ1) is 9.35. The van der Waals surface area contributed by atoms with Gasteiger partial charge >= 0.3 is 0 Å². The van der Waals surface area contributed by atoms with Crippen LogP contribution in [0.3, 0.4) is 0 Å². The topological polar surface area (TPSA) is 49.6 Å². The van der Waals surface area contributed by atoms with Crippen LogP contribution in [0.5, 0.6) is 0 Å². The van der Waals surface area contributed by atoms with E-state index in [0.717, 1.165) is 13.1 Å². The van der Waals surface area contributed by atoms with Gasteiger partial charge in [0.2, 0.25) is 5.91 Å². The zero-order chi connectivity index (χ0) is 15.3. The lowest BCUT2D eigenvalue weighted by Crippen LogP contribution is -2.47. The molecule has 0 aromatic heterocycles. The molecule has 0 saturated heterocycles. The summed E-state index contributed by atoms with van der Waals surface area (Å²) in [6, 6.07) is 0.374. The van der Waals surface area contributed by atoms with Crippen LogP contribution in [0, 0.1) is 17.8 Å². The van der Waals surface area contributed by atoms with Gasteiger partial charge in [0.1, 0.15) is 0 Å². The van der Waals surface area contributed by atoms with Crippen LogP contribution in [0.4, 0.5) is 0 Å². The van der Waals surface area contributed by atoms with Crippen LogP contribution in [0.25, 0.3) is 0 Å². The number of likely N-dealkylation sites (N-methyl/N-ethyl adjacent to an activating group) is 1. The van der Waals surface area contributed by atoms with Crippen LogP contribution in [0.1, 0.15) is 40.5 Å². The average Bonchev–Trinajstić information content (AvgIpc) is 3.12. The molecule has 126 valence electrons. The quantitative estimate of drug-likeness (QED) is 0.709. The first-order valence-corrected chi connectivity index (χ1v) is 8.03. The predicted molar refractivity (Wildman–Crippen MR) is 91.7 cm³/mol. The summed E-state index contributed by atoms with van der Waals surface area (Å²) in [5.74, 6) is 1.98. The first kappa shape index (κ1) is 20.7.